The van der Waals surface area contributed by atoms with Crippen LogP contribution in [0.4, 0.5) is 0 Å². The van der Waals surface area contributed by atoms with Gasteiger partial charge in [0.2, 0.25) is 15.9 Å². The van der Waals surface area contributed by atoms with Crippen molar-refractivity contribution in [1.29, 1.82) is 0 Å². The zero-order chi connectivity index (χ0) is 17.9. The van der Waals surface area contributed by atoms with Gasteiger partial charge >= 0.3 is 0 Å². The first-order chi connectivity index (χ1) is 12.0. The lowest BCUT2D eigenvalue weighted by molar-refractivity contribution is -0.127. The van der Waals surface area contributed by atoms with Gasteiger partial charge in [-0.05, 0) is 19.1 Å². The Hall–Kier alpha value is -2.45. The Balaban J connectivity index is 1.73. The predicted molar refractivity (Wildman–Crippen MR) is 95.4 cm³/mol. The predicted octanol–water partition coefficient (Wildman–Crippen LogP) is 1.53. The molecule has 2 aromatic heterocycles. The number of allylic oxidation sites excluding steroid dienone is 3. The van der Waals surface area contributed by atoms with Crippen LogP contribution in [0.5, 0.6) is 0 Å². The molecule has 1 aliphatic rings. The minimum Gasteiger partial charge on any atom is -0.345 e. The van der Waals surface area contributed by atoms with E-state index in [-0.39, 0.29) is 23.9 Å². The highest BCUT2D eigenvalue weighted by molar-refractivity contribution is 7.89. The smallest absolute Gasteiger partial charge is 0.246 e. The number of aromatic amines is 1. The number of amides is 1. The molecule has 25 heavy (non-hydrogen) atoms. The molecule has 7 nitrogen and oxygen atoms in total. The van der Waals surface area contributed by atoms with Gasteiger partial charge in [0.1, 0.15) is 10.5 Å². The van der Waals surface area contributed by atoms with Gasteiger partial charge in [-0.2, -0.15) is 4.31 Å². The van der Waals surface area contributed by atoms with Crippen molar-refractivity contribution < 1.29 is 13.2 Å². The van der Waals surface area contributed by atoms with E-state index in [9.17, 15) is 13.2 Å². The topological polar surface area (TPSA) is 86.4 Å². The van der Waals surface area contributed by atoms with Crippen molar-refractivity contribution in [2.45, 2.75) is 11.8 Å². The monoisotopic (exact) mass is 360 g/mol. The van der Waals surface area contributed by atoms with E-state index < -0.39 is 10.0 Å². The Kier molecular flexibility index (Phi) is 5.00. The minimum atomic E-state index is -3.62. The van der Waals surface area contributed by atoms with Crippen molar-refractivity contribution in [3.63, 3.8) is 0 Å². The van der Waals surface area contributed by atoms with Crippen molar-refractivity contribution in [2.24, 2.45) is 0 Å². The summed E-state index contributed by atoms with van der Waals surface area (Å²) in [4.78, 5) is 21.0. The molecular formula is C17H20N4O3S. The Morgan fingerprint density at radius 1 is 1.24 bits per heavy atom. The summed E-state index contributed by atoms with van der Waals surface area (Å²) in [5, 5.41) is 0.579. The van der Waals surface area contributed by atoms with E-state index in [1.165, 1.54) is 16.6 Å². The average Bonchev–Trinajstić information content (AvgIpc) is 3.07. The molecule has 0 aliphatic carbocycles. The molecule has 1 amide bonds. The molecule has 0 bridgehead atoms. The SMILES string of the molecule is CC=CC=CC(=O)N1CCN(S(=O)(=O)c2c[nH]c3ncccc23)CC1. The normalized spacial score (nSPS) is 17.1. The Bertz CT molecular complexity index is 922. The highest BCUT2D eigenvalue weighted by Crippen LogP contribution is 2.25. The van der Waals surface area contributed by atoms with E-state index in [0.717, 1.165) is 0 Å². The molecule has 2 aromatic rings. The minimum absolute atomic E-state index is 0.105. The molecule has 1 saturated heterocycles. The van der Waals surface area contributed by atoms with E-state index in [0.29, 0.717) is 24.1 Å². The summed E-state index contributed by atoms with van der Waals surface area (Å²) in [6.07, 6.45) is 9.89. The Morgan fingerprint density at radius 2 is 2.00 bits per heavy atom. The maximum atomic E-state index is 12.9. The summed E-state index contributed by atoms with van der Waals surface area (Å²) in [5.41, 5.74) is 0.545. The average molecular weight is 360 g/mol. The molecule has 8 heteroatoms. The third-order valence-corrected chi connectivity index (χ3v) is 6.06. The molecule has 3 rings (SSSR count). The Morgan fingerprint density at radius 3 is 2.72 bits per heavy atom. The molecule has 132 valence electrons. The maximum absolute atomic E-state index is 12.9. The van der Waals surface area contributed by atoms with Gasteiger partial charge < -0.3 is 9.88 Å². The highest BCUT2D eigenvalue weighted by atomic mass is 32.2. The van der Waals surface area contributed by atoms with Gasteiger partial charge in [-0.3, -0.25) is 4.79 Å². The second-order valence-electron chi connectivity index (χ2n) is 5.67. The summed E-state index contributed by atoms with van der Waals surface area (Å²) < 4.78 is 27.2. The van der Waals surface area contributed by atoms with Gasteiger partial charge in [-0.15, -0.1) is 0 Å². The first-order valence-electron chi connectivity index (χ1n) is 8.04. The number of nitrogens with one attached hydrogen (secondary N) is 1. The van der Waals surface area contributed by atoms with E-state index in [4.69, 9.17) is 0 Å². The van der Waals surface area contributed by atoms with Crippen LogP contribution >= 0.6 is 0 Å². The number of pyridine rings is 1. The van der Waals surface area contributed by atoms with Crippen LogP contribution in [-0.4, -0.2) is 59.7 Å². The van der Waals surface area contributed by atoms with E-state index in [2.05, 4.69) is 9.97 Å². The number of sulfonamides is 1. The van der Waals surface area contributed by atoms with Crippen LogP contribution in [0, 0.1) is 0 Å². The molecule has 0 aromatic carbocycles. The van der Waals surface area contributed by atoms with Crippen molar-refractivity contribution in [3.05, 3.63) is 48.8 Å². The Labute approximate surface area is 146 Å². The highest BCUT2D eigenvalue weighted by Gasteiger charge is 2.31. The van der Waals surface area contributed by atoms with E-state index in [1.54, 1.807) is 35.4 Å². The van der Waals surface area contributed by atoms with Gasteiger partial charge in [-0.1, -0.05) is 18.2 Å². The van der Waals surface area contributed by atoms with Gasteiger partial charge in [0.25, 0.3) is 0 Å². The van der Waals surface area contributed by atoms with Gasteiger partial charge in [0, 0.05) is 50.0 Å². The molecule has 3 heterocycles. The molecular weight excluding hydrogens is 340 g/mol. The zero-order valence-corrected chi connectivity index (χ0v) is 14.7. The van der Waals surface area contributed by atoms with Gasteiger partial charge in [0.15, 0.2) is 0 Å². The number of aromatic nitrogens is 2. The van der Waals surface area contributed by atoms with Crippen LogP contribution in [0.2, 0.25) is 0 Å². The fourth-order valence-electron chi connectivity index (χ4n) is 2.79. The molecule has 1 fully saturated rings. The third-order valence-electron chi connectivity index (χ3n) is 4.12. The van der Waals surface area contributed by atoms with Crippen molar-refractivity contribution >= 4 is 27.0 Å². The number of carbonyl (C=O) groups is 1. The number of carbonyl (C=O) groups excluding carboxylic acids is 1. The van der Waals surface area contributed by atoms with Crippen LogP contribution < -0.4 is 0 Å². The standard InChI is InChI=1S/C17H20N4O3S/c1-2-3-4-7-16(22)20-9-11-21(12-10-20)25(23,24)15-13-19-17-14(15)6-5-8-18-17/h2-8,13H,9-12H2,1H3,(H,18,19). The maximum Gasteiger partial charge on any atom is 0.246 e. The van der Waals surface area contributed by atoms with Crippen molar-refractivity contribution in [2.75, 3.05) is 26.2 Å². The lowest BCUT2D eigenvalue weighted by Crippen LogP contribution is -2.50. The van der Waals surface area contributed by atoms with Crippen LogP contribution in [-0.2, 0) is 14.8 Å². The number of fused-ring (bicyclic) bond motifs is 1. The number of nitrogens with zero attached hydrogens (tertiary/aromatic N) is 3. The number of piperazine rings is 1. The molecule has 1 N–H and O–H groups in total. The number of rotatable bonds is 4. The summed E-state index contributed by atoms with van der Waals surface area (Å²) in [6, 6.07) is 3.44. The summed E-state index contributed by atoms with van der Waals surface area (Å²) in [6.45, 7) is 3.17. The molecule has 0 spiro atoms. The van der Waals surface area contributed by atoms with E-state index in [1.807, 2.05) is 13.0 Å². The number of hydrogen-bond acceptors (Lipinski definition) is 4. The lowest BCUT2D eigenvalue weighted by atomic mass is 10.3. The summed E-state index contributed by atoms with van der Waals surface area (Å²) in [7, 11) is -3.62. The summed E-state index contributed by atoms with van der Waals surface area (Å²) >= 11 is 0. The van der Waals surface area contributed by atoms with Gasteiger partial charge in [0.05, 0.1) is 0 Å². The zero-order valence-electron chi connectivity index (χ0n) is 13.9. The summed E-state index contributed by atoms with van der Waals surface area (Å²) in [5.74, 6) is -0.105. The van der Waals surface area contributed by atoms with E-state index >= 15 is 0 Å². The molecule has 0 saturated carbocycles. The van der Waals surface area contributed by atoms with Crippen LogP contribution in [0.25, 0.3) is 11.0 Å². The molecule has 1 aliphatic heterocycles. The van der Waals surface area contributed by atoms with Crippen molar-refractivity contribution in [3.8, 4) is 0 Å². The van der Waals surface area contributed by atoms with Crippen LogP contribution in [0.1, 0.15) is 6.92 Å². The first kappa shape index (κ1) is 17.4. The fourth-order valence-corrected chi connectivity index (χ4v) is 4.36. The largest absolute Gasteiger partial charge is 0.345 e. The number of H-pyrrole nitrogens is 1. The van der Waals surface area contributed by atoms with Crippen LogP contribution in [0.3, 0.4) is 0 Å². The molecule has 0 atom stereocenters. The quantitative estimate of drug-likeness (QED) is 0.662. The van der Waals surface area contributed by atoms with Crippen molar-refractivity contribution in [1.82, 2.24) is 19.2 Å². The fraction of sp³-hybridized carbons (Fsp3) is 0.294. The van der Waals surface area contributed by atoms with Gasteiger partial charge in [-0.25, -0.2) is 13.4 Å². The second-order valence-corrected chi connectivity index (χ2v) is 7.57. The number of hydrogen-bond donors (Lipinski definition) is 1. The van der Waals surface area contributed by atoms with Crippen LogP contribution in [0.15, 0.2) is 53.7 Å². The molecule has 0 radical (unpaired) electrons. The lowest BCUT2D eigenvalue weighted by Gasteiger charge is -2.33. The first-order valence-corrected chi connectivity index (χ1v) is 9.48. The third kappa shape index (κ3) is 3.49. The second kappa shape index (κ2) is 7.20. The molecule has 0 unspecified atom stereocenters.